The van der Waals surface area contributed by atoms with E-state index in [4.69, 9.17) is 0 Å². The minimum Gasteiger partial charge on any atom is -0.393 e. The van der Waals surface area contributed by atoms with Gasteiger partial charge in [-0.1, -0.05) is 6.42 Å². The summed E-state index contributed by atoms with van der Waals surface area (Å²) >= 11 is 1.36. The number of nitro groups is 1. The van der Waals surface area contributed by atoms with Gasteiger partial charge in [-0.15, -0.1) is 11.8 Å². The van der Waals surface area contributed by atoms with Crippen LogP contribution in [0, 0.1) is 16.0 Å². The molecule has 0 saturated heterocycles. The number of nitrogens with zero attached hydrogens (tertiary/aromatic N) is 1. The Morgan fingerprint density at radius 1 is 1.45 bits per heavy atom. The van der Waals surface area contributed by atoms with Gasteiger partial charge in [-0.25, -0.2) is 0 Å². The zero-order valence-electron chi connectivity index (χ0n) is 12.4. The molecule has 0 aromatic heterocycles. The van der Waals surface area contributed by atoms with E-state index in [9.17, 15) is 20.0 Å². The van der Waals surface area contributed by atoms with Crippen LogP contribution in [0.5, 0.6) is 0 Å². The lowest BCUT2D eigenvalue weighted by molar-refractivity contribution is -0.384. The van der Waals surface area contributed by atoms with Gasteiger partial charge in [-0.05, 0) is 31.9 Å². The average Bonchev–Trinajstić information content (AvgIpc) is 2.90. The lowest BCUT2D eigenvalue weighted by atomic mass is 10.1. The van der Waals surface area contributed by atoms with E-state index in [1.54, 1.807) is 19.1 Å². The Bertz CT molecular complexity index is 535. The Kier molecular flexibility index (Phi) is 5.79. The maximum atomic E-state index is 12.1. The molecule has 0 radical (unpaired) electrons. The van der Waals surface area contributed by atoms with Crippen LogP contribution in [-0.4, -0.2) is 33.8 Å². The number of amides is 1. The average molecular weight is 324 g/mol. The molecule has 0 spiro atoms. The van der Waals surface area contributed by atoms with Gasteiger partial charge >= 0.3 is 0 Å². The molecule has 0 bridgehead atoms. The lowest BCUT2D eigenvalue weighted by Crippen LogP contribution is -2.36. The van der Waals surface area contributed by atoms with Gasteiger partial charge in [0.05, 0.1) is 16.3 Å². The second-order valence-corrected chi connectivity index (χ2v) is 6.93. The van der Waals surface area contributed by atoms with Crippen molar-refractivity contribution in [2.75, 3.05) is 6.54 Å². The standard InChI is InChI=1S/C15H20N2O4S/c1-10(15(19)16-9-11-3-2-4-14(11)18)22-13-7-5-12(6-8-13)17(20)21/h5-8,10-11,14,18H,2-4,9H2,1H3,(H,16,19)/t10-,11+,14+/m0/s1. The van der Waals surface area contributed by atoms with Crippen molar-refractivity contribution in [1.82, 2.24) is 5.32 Å². The summed E-state index contributed by atoms with van der Waals surface area (Å²) in [6, 6.07) is 6.16. The predicted molar refractivity (Wildman–Crippen MR) is 84.8 cm³/mol. The van der Waals surface area contributed by atoms with Gasteiger partial charge in [0.2, 0.25) is 5.91 Å². The summed E-state index contributed by atoms with van der Waals surface area (Å²) in [4.78, 5) is 23.0. The summed E-state index contributed by atoms with van der Waals surface area (Å²) < 4.78 is 0. The molecule has 1 aromatic carbocycles. The summed E-state index contributed by atoms with van der Waals surface area (Å²) in [5.74, 6) is 0.0722. The van der Waals surface area contributed by atoms with E-state index in [2.05, 4.69) is 5.32 Å². The highest BCUT2D eigenvalue weighted by Crippen LogP contribution is 2.27. The predicted octanol–water partition coefficient (Wildman–Crippen LogP) is 2.35. The zero-order valence-corrected chi connectivity index (χ0v) is 13.2. The number of carbonyl (C=O) groups is 1. The van der Waals surface area contributed by atoms with E-state index >= 15 is 0 Å². The van der Waals surface area contributed by atoms with Crippen molar-refractivity contribution >= 4 is 23.4 Å². The van der Waals surface area contributed by atoms with E-state index < -0.39 is 4.92 Å². The molecular weight excluding hydrogens is 304 g/mol. The van der Waals surface area contributed by atoms with Crippen molar-refractivity contribution < 1.29 is 14.8 Å². The van der Waals surface area contributed by atoms with Gasteiger partial charge in [-0.3, -0.25) is 14.9 Å². The summed E-state index contributed by atoms with van der Waals surface area (Å²) in [5, 5.41) is 22.9. The molecule has 3 atom stereocenters. The van der Waals surface area contributed by atoms with E-state index in [0.29, 0.717) is 6.54 Å². The molecule has 22 heavy (non-hydrogen) atoms. The number of hydrogen-bond donors (Lipinski definition) is 2. The Morgan fingerprint density at radius 2 is 2.14 bits per heavy atom. The van der Waals surface area contributed by atoms with Crippen LogP contribution >= 0.6 is 11.8 Å². The number of carbonyl (C=O) groups excluding carboxylic acids is 1. The zero-order chi connectivity index (χ0) is 16.1. The maximum absolute atomic E-state index is 12.1. The molecule has 2 N–H and O–H groups in total. The molecule has 0 aliphatic heterocycles. The second-order valence-electron chi connectivity index (χ2n) is 5.51. The highest BCUT2D eigenvalue weighted by molar-refractivity contribution is 8.00. The Morgan fingerprint density at radius 3 is 2.68 bits per heavy atom. The highest BCUT2D eigenvalue weighted by Gasteiger charge is 2.26. The molecule has 7 heteroatoms. The highest BCUT2D eigenvalue weighted by atomic mass is 32.2. The first kappa shape index (κ1) is 16.8. The molecule has 1 aromatic rings. The van der Waals surface area contributed by atoms with Crippen molar-refractivity contribution in [2.24, 2.45) is 5.92 Å². The Labute approximate surface area is 133 Å². The molecule has 1 saturated carbocycles. The lowest BCUT2D eigenvalue weighted by Gasteiger charge is -2.17. The third kappa shape index (κ3) is 4.45. The van der Waals surface area contributed by atoms with Crippen LogP contribution in [0.15, 0.2) is 29.2 Å². The molecule has 120 valence electrons. The normalized spacial score (nSPS) is 22.3. The minimum atomic E-state index is -0.447. The quantitative estimate of drug-likeness (QED) is 0.476. The number of aliphatic hydroxyl groups is 1. The summed E-state index contributed by atoms with van der Waals surface area (Å²) in [6.45, 7) is 2.30. The van der Waals surface area contributed by atoms with Crippen LogP contribution in [0.25, 0.3) is 0 Å². The maximum Gasteiger partial charge on any atom is 0.269 e. The number of benzene rings is 1. The molecule has 1 aliphatic carbocycles. The molecule has 0 unspecified atom stereocenters. The number of hydrogen-bond acceptors (Lipinski definition) is 5. The number of nitrogens with one attached hydrogen (secondary N) is 1. The summed E-state index contributed by atoms with van der Waals surface area (Å²) in [7, 11) is 0. The molecule has 1 aliphatic rings. The minimum absolute atomic E-state index is 0.0386. The van der Waals surface area contributed by atoms with Crippen LogP contribution < -0.4 is 5.32 Å². The number of thioether (sulfide) groups is 1. The molecule has 6 nitrogen and oxygen atoms in total. The smallest absolute Gasteiger partial charge is 0.269 e. The van der Waals surface area contributed by atoms with Gasteiger partial charge < -0.3 is 10.4 Å². The van der Waals surface area contributed by atoms with Crippen molar-refractivity contribution in [3.63, 3.8) is 0 Å². The summed E-state index contributed by atoms with van der Waals surface area (Å²) in [6.07, 6.45) is 2.46. The monoisotopic (exact) mass is 324 g/mol. The third-order valence-corrected chi connectivity index (χ3v) is 5.00. The van der Waals surface area contributed by atoms with Crippen LogP contribution in [0.3, 0.4) is 0 Å². The molecule has 2 rings (SSSR count). The number of aliphatic hydroxyl groups excluding tert-OH is 1. The fourth-order valence-corrected chi connectivity index (χ4v) is 3.43. The first-order valence-corrected chi connectivity index (χ1v) is 8.22. The van der Waals surface area contributed by atoms with Crippen LogP contribution in [-0.2, 0) is 4.79 Å². The molecule has 1 fully saturated rings. The number of nitro benzene ring substituents is 1. The van der Waals surface area contributed by atoms with E-state index in [0.717, 1.165) is 24.2 Å². The Balaban J connectivity index is 1.81. The topological polar surface area (TPSA) is 92.5 Å². The third-order valence-electron chi connectivity index (χ3n) is 3.89. The molecular formula is C15H20N2O4S. The first-order valence-electron chi connectivity index (χ1n) is 7.34. The van der Waals surface area contributed by atoms with Gasteiger partial charge in [0.1, 0.15) is 0 Å². The van der Waals surface area contributed by atoms with E-state index in [1.807, 2.05) is 0 Å². The molecule has 1 amide bonds. The molecule has 0 heterocycles. The second kappa shape index (κ2) is 7.60. The van der Waals surface area contributed by atoms with Gasteiger partial charge in [0.25, 0.3) is 5.69 Å². The summed E-state index contributed by atoms with van der Waals surface area (Å²) in [5.41, 5.74) is 0.0386. The largest absolute Gasteiger partial charge is 0.393 e. The van der Waals surface area contributed by atoms with Crippen molar-refractivity contribution in [2.45, 2.75) is 42.4 Å². The SMILES string of the molecule is C[C@H](Sc1ccc([N+](=O)[O-])cc1)C(=O)NC[C@H]1CCC[C@H]1O. The van der Waals surface area contributed by atoms with Crippen LogP contribution in [0.2, 0.25) is 0 Å². The van der Waals surface area contributed by atoms with E-state index in [1.165, 1.54) is 23.9 Å². The van der Waals surface area contributed by atoms with Crippen LogP contribution in [0.1, 0.15) is 26.2 Å². The van der Waals surface area contributed by atoms with Crippen molar-refractivity contribution in [3.8, 4) is 0 Å². The fourth-order valence-electron chi connectivity index (χ4n) is 2.53. The van der Waals surface area contributed by atoms with Crippen LogP contribution in [0.4, 0.5) is 5.69 Å². The first-order chi connectivity index (χ1) is 10.5. The number of non-ortho nitro benzene ring substituents is 1. The van der Waals surface area contributed by atoms with Crippen molar-refractivity contribution in [1.29, 1.82) is 0 Å². The van der Waals surface area contributed by atoms with Crippen molar-refractivity contribution in [3.05, 3.63) is 34.4 Å². The van der Waals surface area contributed by atoms with E-state index in [-0.39, 0.29) is 28.9 Å². The number of rotatable bonds is 6. The van der Waals surface area contributed by atoms with Gasteiger partial charge in [-0.2, -0.15) is 0 Å². The fraction of sp³-hybridized carbons (Fsp3) is 0.533. The Hall–Kier alpha value is -1.60. The van der Waals surface area contributed by atoms with Gasteiger partial charge in [0.15, 0.2) is 0 Å². The van der Waals surface area contributed by atoms with Gasteiger partial charge in [0, 0.05) is 29.5 Å².